The van der Waals surface area contributed by atoms with Gasteiger partial charge >= 0.3 is 6.09 Å². The Bertz CT molecular complexity index is 681. The lowest BCUT2D eigenvalue weighted by atomic mass is 10.1. The van der Waals surface area contributed by atoms with E-state index in [2.05, 4.69) is 62.4 Å². The van der Waals surface area contributed by atoms with Crippen molar-refractivity contribution >= 4 is 6.09 Å². The SMILES string of the molecule is Cc1ccc(CCN(Cc2ccc(C)cc2)C(=O)OC(C)(C)C)cc1. The van der Waals surface area contributed by atoms with Crippen LogP contribution in [0.2, 0.25) is 0 Å². The van der Waals surface area contributed by atoms with Crippen LogP contribution in [-0.4, -0.2) is 23.1 Å². The molecule has 0 saturated carbocycles. The first-order valence-electron chi connectivity index (χ1n) is 8.82. The molecular weight excluding hydrogens is 310 g/mol. The molecule has 0 radical (unpaired) electrons. The van der Waals surface area contributed by atoms with E-state index in [0.29, 0.717) is 13.1 Å². The van der Waals surface area contributed by atoms with Gasteiger partial charge in [0.05, 0.1) is 0 Å². The van der Waals surface area contributed by atoms with Crippen LogP contribution in [-0.2, 0) is 17.7 Å². The molecule has 25 heavy (non-hydrogen) atoms. The lowest BCUT2D eigenvalue weighted by molar-refractivity contribution is 0.0236. The molecule has 0 aromatic heterocycles. The standard InChI is InChI=1S/C22H29NO2/c1-17-6-10-19(11-7-17)14-15-23(21(24)25-22(3,4)5)16-20-12-8-18(2)9-13-20/h6-13H,14-16H2,1-5H3. The Hall–Kier alpha value is -2.29. The van der Waals surface area contributed by atoms with Gasteiger partial charge in [-0.1, -0.05) is 59.7 Å². The third-order valence-electron chi connectivity index (χ3n) is 3.94. The van der Waals surface area contributed by atoms with Crippen LogP contribution in [0.5, 0.6) is 0 Å². The van der Waals surface area contributed by atoms with Gasteiger partial charge in [-0.15, -0.1) is 0 Å². The van der Waals surface area contributed by atoms with E-state index in [1.807, 2.05) is 20.8 Å². The summed E-state index contributed by atoms with van der Waals surface area (Å²) in [7, 11) is 0. The van der Waals surface area contributed by atoms with Gasteiger partial charge in [0, 0.05) is 13.1 Å². The maximum absolute atomic E-state index is 12.6. The maximum Gasteiger partial charge on any atom is 0.410 e. The summed E-state index contributed by atoms with van der Waals surface area (Å²) in [5.74, 6) is 0. The molecule has 2 aromatic rings. The van der Waals surface area contributed by atoms with Gasteiger partial charge < -0.3 is 9.64 Å². The van der Waals surface area contributed by atoms with Crippen molar-refractivity contribution in [3.63, 3.8) is 0 Å². The van der Waals surface area contributed by atoms with Crippen molar-refractivity contribution in [2.45, 2.75) is 53.2 Å². The van der Waals surface area contributed by atoms with Crippen LogP contribution in [0, 0.1) is 13.8 Å². The van der Waals surface area contributed by atoms with Crippen LogP contribution < -0.4 is 0 Å². The Morgan fingerprint density at radius 2 is 1.36 bits per heavy atom. The first-order chi connectivity index (χ1) is 11.7. The Morgan fingerprint density at radius 3 is 1.84 bits per heavy atom. The normalized spacial score (nSPS) is 11.2. The molecule has 3 nitrogen and oxygen atoms in total. The maximum atomic E-state index is 12.6. The molecule has 0 heterocycles. The molecule has 0 spiro atoms. The third-order valence-corrected chi connectivity index (χ3v) is 3.94. The highest BCUT2D eigenvalue weighted by atomic mass is 16.6. The average Bonchev–Trinajstić information content (AvgIpc) is 2.53. The van der Waals surface area contributed by atoms with Gasteiger partial charge in [-0.3, -0.25) is 0 Å². The number of amides is 1. The third kappa shape index (κ3) is 6.61. The second kappa shape index (κ2) is 8.19. The molecule has 0 unspecified atom stereocenters. The van der Waals surface area contributed by atoms with Gasteiger partial charge in [0.2, 0.25) is 0 Å². The Balaban J connectivity index is 2.08. The molecule has 0 aliphatic carbocycles. The van der Waals surface area contributed by atoms with Crippen LogP contribution >= 0.6 is 0 Å². The number of nitrogens with zero attached hydrogens (tertiary/aromatic N) is 1. The molecule has 2 aromatic carbocycles. The lowest BCUT2D eigenvalue weighted by Crippen LogP contribution is -2.37. The van der Waals surface area contributed by atoms with E-state index < -0.39 is 5.60 Å². The van der Waals surface area contributed by atoms with Gasteiger partial charge in [0.1, 0.15) is 5.60 Å². The zero-order valence-corrected chi connectivity index (χ0v) is 16.0. The Labute approximate surface area is 151 Å². The molecule has 3 heteroatoms. The number of hydrogen-bond donors (Lipinski definition) is 0. The fourth-order valence-corrected chi connectivity index (χ4v) is 2.49. The van der Waals surface area contributed by atoms with Crippen molar-refractivity contribution < 1.29 is 9.53 Å². The minimum atomic E-state index is -0.494. The predicted molar refractivity (Wildman–Crippen MR) is 103 cm³/mol. The molecule has 0 bridgehead atoms. The van der Waals surface area contributed by atoms with Crippen LogP contribution in [0.4, 0.5) is 4.79 Å². The number of ether oxygens (including phenoxy) is 1. The van der Waals surface area contributed by atoms with E-state index in [-0.39, 0.29) is 6.09 Å². The second-order valence-electron chi connectivity index (χ2n) is 7.62. The number of hydrogen-bond acceptors (Lipinski definition) is 2. The smallest absolute Gasteiger partial charge is 0.410 e. The predicted octanol–water partition coefficient (Wildman–Crippen LogP) is 5.28. The van der Waals surface area contributed by atoms with Crippen molar-refractivity contribution in [1.29, 1.82) is 0 Å². The van der Waals surface area contributed by atoms with Gasteiger partial charge in [0.15, 0.2) is 0 Å². The summed E-state index contributed by atoms with van der Waals surface area (Å²) in [6.07, 6.45) is 0.547. The molecule has 1 amide bonds. The monoisotopic (exact) mass is 339 g/mol. The lowest BCUT2D eigenvalue weighted by Gasteiger charge is -2.27. The summed E-state index contributed by atoms with van der Waals surface area (Å²) in [6, 6.07) is 16.7. The van der Waals surface area contributed by atoms with E-state index >= 15 is 0 Å². The second-order valence-corrected chi connectivity index (χ2v) is 7.62. The van der Waals surface area contributed by atoms with Gasteiger partial charge in [-0.2, -0.15) is 0 Å². The number of benzene rings is 2. The van der Waals surface area contributed by atoms with E-state index in [0.717, 1.165) is 12.0 Å². The van der Waals surface area contributed by atoms with Crippen LogP contribution in [0.15, 0.2) is 48.5 Å². The van der Waals surface area contributed by atoms with Crippen molar-refractivity contribution in [2.24, 2.45) is 0 Å². The molecule has 0 N–H and O–H groups in total. The first-order valence-corrected chi connectivity index (χ1v) is 8.82. The van der Waals surface area contributed by atoms with E-state index in [1.165, 1.54) is 16.7 Å². The summed E-state index contributed by atoms with van der Waals surface area (Å²) >= 11 is 0. The molecule has 0 saturated heterocycles. The first kappa shape index (κ1) is 19.0. The molecule has 0 fully saturated rings. The molecular formula is C22H29NO2. The number of aryl methyl sites for hydroxylation is 2. The summed E-state index contributed by atoms with van der Waals surface area (Å²) in [6.45, 7) is 11.0. The molecule has 0 aliphatic heterocycles. The number of carbonyl (C=O) groups excluding carboxylic acids is 1. The van der Waals surface area contributed by atoms with Crippen LogP contribution in [0.1, 0.15) is 43.0 Å². The zero-order valence-electron chi connectivity index (χ0n) is 16.0. The highest BCUT2D eigenvalue weighted by Gasteiger charge is 2.22. The van der Waals surface area contributed by atoms with Crippen LogP contribution in [0.25, 0.3) is 0 Å². The Morgan fingerprint density at radius 1 is 0.880 bits per heavy atom. The molecule has 0 aliphatic rings. The van der Waals surface area contributed by atoms with E-state index in [4.69, 9.17) is 4.74 Å². The van der Waals surface area contributed by atoms with Gasteiger partial charge in [-0.25, -0.2) is 4.79 Å². The molecule has 2 rings (SSSR count). The number of carbonyl (C=O) groups is 1. The number of rotatable bonds is 5. The van der Waals surface area contributed by atoms with Crippen molar-refractivity contribution in [2.75, 3.05) is 6.54 Å². The summed E-state index contributed by atoms with van der Waals surface area (Å²) in [5, 5.41) is 0. The van der Waals surface area contributed by atoms with E-state index in [9.17, 15) is 4.79 Å². The topological polar surface area (TPSA) is 29.5 Å². The summed E-state index contributed by atoms with van der Waals surface area (Å²) in [4.78, 5) is 14.4. The average molecular weight is 339 g/mol. The summed E-state index contributed by atoms with van der Waals surface area (Å²) < 4.78 is 5.59. The van der Waals surface area contributed by atoms with Gasteiger partial charge in [0.25, 0.3) is 0 Å². The largest absolute Gasteiger partial charge is 0.444 e. The van der Waals surface area contributed by atoms with Gasteiger partial charge in [-0.05, 0) is 52.2 Å². The Kier molecular flexibility index (Phi) is 6.24. The molecule has 0 atom stereocenters. The highest BCUT2D eigenvalue weighted by Crippen LogP contribution is 2.14. The fraction of sp³-hybridized carbons (Fsp3) is 0.409. The zero-order chi connectivity index (χ0) is 18.4. The van der Waals surface area contributed by atoms with Crippen molar-refractivity contribution in [1.82, 2.24) is 4.90 Å². The van der Waals surface area contributed by atoms with Crippen molar-refractivity contribution in [3.05, 3.63) is 70.8 Å². The summed E-state index contributed by atoms with van der Waals surface area (Å²) in [5.41, 5.74) is 4.30. The minimum Gasteiger partial charge on any atom is -0.444 e. The quantitative estimate of drug-likeness (QED) is 0.741. The minimum absolute atomic E-state index is 0.264. The fourth-order valence-electron chi connectivity index (χ4n) is 2.49. The molecule has 134 valence electrons. The highest BCUT2D eigenvalue weighted by molar-refractivity contribution is 5.68. The van der Waals surface area contributed by atoms with Crippen molar-refractivity contribution in [3.8, 4) is 0 Å². The van der Waals surface area contributed by atoms with Crippen LogP contribution in [0.3, 0.4) is 0 Å². The van der Waals surface area contributed by atoms with E-state index in [1.54, 1.807) is 4.90 Å².